The third kappa shape index (κ3) is 5.62. The number of rotatable bonds is 7. The summed E-state index contributed by atoms with van der Waals surface area (Å²) in [5.74, 6) is -0.569. The summed E-state index contributed by atoms with van der Waals surface area (Å²) in [6.45, 7) is 0.163. The molecule has 0 spiro atoms. The number of amides is 1. The third-order valence-corrected chi connectivity index (χ3v) is 6.28. The van der Waals surface area contributed by atoms with E-state index in [0.29, 0.717) is 24.4 Å². The lowest BCUT2D eigenvalue weighted by atomic mass is 10.0. The van der Waals surface area contributed by atoms with Crippen molar-refractivity contribution in [2.24, 2.45) is 0 Å². The van der Waals surface area contributed by atoms with Gasteiger partial charge in [-0.3, -0.25) is 4.79 Å². The van der Waals surface area contributed by atoms with Gasteiger partial charge in [0.2, 0.25) is 5.95 Å². The molecule has 0 unspecified atom stereocenters. The second-order valence-electron chi connectivity index (χ2n) is 9.02. The molecule has 1 aliphatic heterocycles. The van der Waals surface area contributed by atoms with Crippen LogP contribution in [0, 0.1) is 11.3 Å². The molecule has 3 aromatic rings. The van der Waals surface area contributed by atoms with Crippen molar-refractivity contribution < 1.29 is 18.0 Å². The minimum Gasteiger partial charge on any atom is -0.343 e. The number of aromatic nitrogens is 3. The highest BCUT2D eigenvalue weighted by Crippen LogP contribution is 2.46. The van der Waals surface area contributed by atoms with Crippen LogP contribution in [-0.4, -0.2) is 40.1 Å². The molecular weight excluding hydrogens is 485 g/mol. The normalized spacial score (nSPS) is 15.7. The van der Waals surface area contributed by atoms with E-state index >= 15 is 0 Å². The summed E-state index contributed by atoms with van der Waals surface area (Å²) in [5.41, 5.74) is 2.89. The summed E-state index contributed by atoms with van der Waals surface area (Å²) in [7, 11) is 0. The van der Waals surface area contributed by atoms with Crippen LogP contribution in [0.2, 0.25) is 0 Å². The molecule has 2 aromatic heterocycles. The number of nitrogens with one attached hydrogen (secondary N) is 4. The van der Waals surface area contributed by atoms with Gasteiger partial charge in [-0.15, -0.1) is 0 Å². The molecule has 1 aliphatic carbocycles. The zero-order chi connectivity index (χ0) is 26.0. The van der Waals surface area contributed by atoms with Crippen molar-refractivity contribution in [1.82, 2.24) is 25.6 Å². The minimum absolute atomic E-state index is 0.0248. The number of anilines is 4. The van der Waals surface area contributed by atoms with Crippen LogP contribution in [0.3, 0.4) is 0 Å². The standard InChI is InChI=1S/C25H23F3N8O/c26-25(27,28)14-32-22(37)18-12-31-23(33-17-5-4-15-6-9-30-11-16(15)10-17)36-21(18)35-20-3-1-2-19(34-20)24(13-29)7-8-24/h1-5,10,12,30H,6-9,11,14H2,(H,32,37)(H2,31,33,34,35,36). The predicted octanol–water partition coefficient (Wildman–Crippen LogP) is 3.85. The largest absolute Gasteiger partial charge is 0.405 e. The Morgan fingerprint density at radius 2 is 1.97 bits per heavy atom. The van der Waals surface area contributed by atoms with Crippen molar-refractivity contribution in [3.05, 3.63) is 65.0 Å². The fourth-order valence-electron chi connectivity index (χ4n) is 4.11. The molecule has 1 fully saturated rings. The number of pyridine rings is 1. The van der Waals surface area contributed by atoms with E-state index in [2.05, 4.69) is 37.0 Å². The number of carbonyl (C=O) groups is 1. The Bertz CT molecular complexity index is 1380. The van der Waals surface area contributed by atoms with Crippen molar-refractivity contribution in [3.8, 4) is 6.07 Å². The SMILES string of the molecule is N#CC1(c2cccc(Nc3nc(Nc4ccc5c(c4)CNCC5)ncc3C(=O)NCC(F)(F)F)n2)CC1. The molecular formula is C25H23F3N8O. The van der Waals surface area contributed by atoms with Gasteiger partial charge in [-0.2, -0.15) is 23.4 Å². The van der Waals surface area contributed by atoms with Gasteiger partial charge in [-0.1, -0.05) is 12.1 Å². The van der Waals surface area contributed by atoms with Crippen LogP contribution in [0.15, 0.2) is 42.6 Å². The number of hydrogen-bond acceptors (Lipinski definition) is 8. The molecule has 12 heteroatoms. The van der Waals surface area contributed by atoms with Crippen LogP contribution in [0.25, 0.3) is 0 Å². The molecule has 1 amide bonds. The lowest BCUT2D eigenvalue weighted by molar-refractivity contribution is -0.123. The van der Waals surface area contributed by atoms with E-state index in [-0.39, 0.29) is 17.3 Å². The van der Waals surface area contributed by atoms with Gasteiger partial charge in [0.15, 0.2) is 0 Å². The van der Waals surface area contributed by atoms with E-state index in [0.717, 1.165) is 37.0 Å². The molecule has 0 saturated heterocycles. The number of benzene rings is 1. The van der Waals surface area contributed by atoms with Gasteiger partial charge in [-0.25, -0.2) is 9.97 Å². The molecule has 5 rings (SSSR count). The maximum Gasteiger partial charge on any atom is 0.405 e. The first-order chi connectivity index (χ1) is 17.7. The molecule has 37 heavy (non-hydrogen) atoms. The van der Waals surface area contributed by atoms with Crippen LogP contribution in [0.1, 0.15) is 40.0 Å². The maximum atomic E-state index is 12.7. The van der Waals surface area contributed by atoms with Gasteiger partial charge < -0.3 is 21.3 Å². The zero-order valence-corrected chi connectivity index (χ0v) is 19.6. The zero-order valence-electron chi connectivity index (χ0n) is 19.6. The predicted molar refractivity (Wildman–Crippen MR) is 130 cm³/mol. The highest BCUT2D eigenvalue weighted by molar-refractivity contribution is 5.99. The van der Waals surface area contributed by atoms with E-state index in [1.54, 1.807) is 18.2 Å². The quantitative estimate of drug-likeness (QED) is 0.379. The number of nitriles is 1. The molecule has 0 atom stereocenters. The number of fused-ring (bicyclic) bond motifs is 1. The Balaban J connectivity index is 1.44. The molecule has 0 radical (unpaired) electrons. The van der Waals surface area contributed by atoms with E-state index in [1.807, 2.05) is 23.5 Å². The maximum absolute atomic E-state index is 12.7. The highest BCUT2D eigenvalue weighted by Gasteiger charge is 2.46. The Morgan fingerprint density at radius 1 is 1.14 bits per heavy atom. The smallest absolute Gasteiger partial charge is 0.343 e. The lowest BCUT2D eigenvalue weighted by Gasteiger charge is -2.18. The van der Waals surface area contributed by atoms with Gasteiger partial charge in [-0.05, 0) is 61.2 Å². The molecule has 3 heterocycles. The third-order valence-electron chi connectivity index (χ3n) is 6.28. The Kier molecular flexibility index (Phi) is 6.39. The average Bonchev–Trinajstić information content (AvgIpc) is 3.69. The van der Waals surface area contributed by atoms with Crippen LogP contribution in [0.4, 0.5) is 36.4 Å². The lowest BCUT2D eigenvalue weighted by Crippen LogP contribution is -2.34. The van der Waals surface area contributed by atoms with Crippen molar-refractivity contribution in [3.63, 3.8) is 0 Å². The molecule has 1 aromatic carbocycles. The minimum atomic E-state index is -4.57. The number of alkyl halides is 3. The Hall–Kier alpha value is -4.24. The average molecular weight is 509 g/mol. The molecule has 9 nitrogen and oxygen atoms in total. The van der Waals surface area contributed by atoms with Crippen molar-refractivity contribution >= 4 is 29.2 Å². The molecule has 0 bridgehead atoms. The first kappa shape index (κ1) is 24.5. The summed E-state index contributed by atoms with van der Waals surface area (Å²) in [6, 6.07) is 13.3. The summed E-state index contributed by atoms with van der Waals surface area (Å²) >= 11 is 0. The topological polar surface area (TPSA) is 128 Å². The molecule has 190 valence electrons. The second-order valence-corrected chi connectivity index (χ2v) is 9.02. The van der Waals surface area contributed by atoms with E-state index in [9.17, 15) is 23.2 Å². The first-order valence-electron chi connectivity index (χ1n) is 11.7. The number of halogens is 3. The molecule has 2 aliphatic rings. The Morgan fingerprint density at radius 3 is 2.73 bits per heavy atom. The fourth-order valence-corrected chi connectivity index (χ4v) is 4.11. The monoisotopic (exact) mass is 508 g/mol. The fraction of sp³-hybridized carbons (Fsp3) is 0.320. The van der Waals surface area contributed by atoms with Crippen LogP contribution < -0.4 is 21.3 Å². The summed E-state index contributed by atoms with van der Waals surface area (Å²) in [5, 5.41) is 20.7. The first-order valence-corrected chi connectivity index (χ1v) is 11.7. The van der Waals surface area contributed by atoms with E-state index in [4.69, 9.17) is 0 Å². The summed E-state index contributed by atoms with van der Waals surface area (Å²) < 4.78 is 38.1. The van der Waals surface area contributed by atoms with Gasteiger partial charge in [0.25, 0.3) is 5.91 Å². The van der Waals surface area contributed by atoms with E-state index in [1.165, 1.54) is 5.56 Å². The number of hydrogen-bond donors (Lipinski definition) is 4. The second kappa shape index (κ2) is 9.67. The van der Waals surface area contributed by atoms with Crippen LogP contribution in [0.5, 0.6) is 0 Å². The van der Waals surface area contributed by atoms with Crippen molar-refractivity contribution in [1.29, 1.82) is 5.26 Å². The van der Waals surface area contributed by atoms with Gasteiger partial charge in [0.1, 0.15) is 23.7 Å². The van der Waals surface area contributed by atoms with Gasteiger partial charge >= 0.3 is 6.18 Å². The van der Waals surface area contributed by atoms with Gasteiger partial charge in [0, 0.05) is 18.4 Å². The number of carbonyl (C=O) groups excluding carboxylic acids is 1. The van der Waals surface area contributed by atoms with Crippen LogP contribution >= 0.6 is 0 Å². The summed E-state index contributed by atoms with van der Waals surface area (Å²) in [4.78, 5) is 25.6. The van der Waals surface area contributed by atoms with Crippen LogP contribution in [-0.2, 0) is 18.4 Å². The van der Waals surface area contributed by atoms with Crippen molar-refractivity contribution in [2.45, 2.75) is 37.4 Å². The van der Waals surface area contributed by atoms with Gasteiger partial charge in [0.05, 0.1) is 17.2 Å². The van der Waals surface area contributed by atoms with Crippen molar-refractivity contribution in [2.75, 3.05) is 23.7 Å². The Labute approximate surface area is 210 Å². The molecule has 1 saturated carbocycles. The summed E-state index contributed by atoms with van der Waals surface area (Å²) in [6.07, 6.45) is -1.09. The highest BCUT2D eigenvalue weighted by atomic mass is 19.4. The van der Waals surface area contributed by atoms with E-state index < -0.39 is 24.0 Å². The molecule has 4 N–H and O–H groups in total. The number of nitrogens with zero attached hydrogens (tertiary/aromatic N) is 4.